The van der Waals surface area contributed by atoms with Gasteiger partial charge in [0.1, 0.15) is 0 Å². The number of nitro benzene ring substituents is 1. The first kappa shape index (κ1) is 20.5. The lowest BCUT2D eigenvalue weighted by Gasteiger charge is -2.09. The number of nitrogens with zero attached hydrogens (tertiary/aromatic N) is 1. The van der Waals surface area contributed by atoms with E-state index in [1.807, 2.05) is 30.3 Å². The van der Waals surface area contributed by atoms with Crippen molar-refractivity contribution in [2.45, 2.75) is 6.54 Å². The second-order valence-electron chi connectivity index (χ2n) is 6.31. The zero-order valence-electron chi connectivity index (χ0n) is 15.9. The van der Waals surface area contributed by atoms with Gasteiger partial charge in [0.2, 0.25) is 0 Å². The van der Waals surface area contributed by atoms with Crippen LogP contribution in [0.2, 0.25) is 0 Å². The summed E-state index contributed by atoms with van der Waals surface area (Å²) in [6.07, 6.45) is 0. The summed E-state index contributed by atoms with van der Waals surface area (Å²) in [7, 11) is 0. The minimum atomic E-state index is -0.575. The molecule has 3 aromatic carbocycles. The van der Waals surface area contributed by atoms with Crippen LogP contribution in [0.1, 0.15) is 15.9 Å². The maximum atomic E-state index is 12.2. The van der Waals surface area contributed by atoms with Gasteiger partial charge in [-0.05, 0) is 35.9 Å². The van der Waals surface area contributed by atoms with Gasteiger partial charge in [0.15, 0.2) is 12.4 Å². The van der Waals surface area contributed by atoms with E-state index in [1.165, 1.54) is 18.2 Å². The van der Waals surface area contributed by atoms with E-state index >= 15 is 0 Å². The van der Waals surface area contributed by atoms with Crippen LogP contribution >= 0.6 is 0 Å². The van der Waals surface area contributed by atoms with Crippen LogP contribution in [0.5, 0.6) is 5.75 Å². The van der Waals surface area contributed by atoms with Gasteiger partial charge >= 0.3 is 5.69 Å². The number of nitrogens with one attached hydrogen (secondary N) is 2. The number of anilines is 1. The Morgan fingerprint density at radius 3 is 2.27 bits per heavy atom. The first-order valence-electron chi connectivity index (χ1n) is 9.11. The monoisotopic (exact) mass is 405 g/mol. The number of rotatable bonds is 8. The minimum Gasteiger partial charge on any atom is -0.477 e. The van der Waals surface area contributed by atoms with Gasteiger partial charge in [0.05, 0.1) is 4.92 Å². The maximum Gasteiger partial charge on any atom is 0.310 e. The summed E-state index contributed by atoms with van der Waals surface area (Å²) in [5, 5.41) is 16.4. The molecule has 0 aliphatic rings. The summed E-state index contributed by atoms with van der Waals surface area (Å²) in [4.78, 5) is 34.7. The molecule has 8 nitrogen and oxygen atoms in total. The molecule has 2 N–H and O–H groups in total. The molecule has 2 amide bonds. The number of amides is 2. The first-order valence-corrected chi connectivity index (χ1v) is 9.11. The Kier molecular flexibility index (Phi) is 6.73. The second kappa shape index (κ2) is 9.83. The SMILES string of the molecule is O=C(COc1ccccc1[N+](=O)[O-])Nc1ccc(C(=O)NCc2ccccc2)cc1. The highest BCUT2D eigenvalue weighted by atomic mass is 16.6. The van der Waals surface area contributed by atoms with Gasteiger partial charge in [0, 0.05) is 23.9 Å². The Balaban J connectivity index is 1.51. The number of hydrogen-bond donors (Lipinski definition) is 2. The van der Waals surface area contributed by atoms with Crippen molar-refractivity contribution in [3.63, 3.8) is 0 Å². The maximum absolute atomic E-state index is 12.2. The molecule has 0 saturated heterocycles. The molecule has 0 heterocycles. The number of para-hydroxylation sites is 2. The van der Waals surface area contributed by atoms with Gasteiger partial charge in [-0.25, -0.2) is 0 Å². The summed E-state index contributed by atoms with van der Waals surface area (Å²) in [6.45, 7) is 0.0330. The lowest BCUT2D eigenvalue weighted by Crippen LogP contribution is -2.23. The molecule has 0 saturated carbocycles. The van der Waals surface area contributed by atoms with Crippen molar-refractivity contribution in [3.05, 3.63) is 100 Å². The molecule has 30 heavy (non-hydrogen) atoms. The number of carbonyl (C=O) groups is 2. The van der Waals surface area contributed by atoms with Crippen LogP contribution in [-0.2, 0) is 11.3 Å². The molecule has 3 rings (SSSR count). The van der Waals surface area contributed by atoms with Gasteiger partial charge in [0.25, 0.3) is 11.8 Å². The van der Waals surface area contributed by atoms with Crippen molar-refractivity contribution in [2.24, 2.45) is 0 Å². The highest BCUT2D eigenvalue weighted by Crippen LogP contribution is 2.25. The highest BCUT2D eigenvalue weighted by molar-refractivity contribution is 5.96. The van der Waals surface area contributed by atoms with Crippen molar-refractivity contribution in [2.75, 3.05) is 11.9 Å². The van der Waals surface area contributed by atoms with Crippen molar-refractivity contribution in [1.82, 2.24) is 5.32 Å². The van der Waals surface area contributed by atoms with Crippen LogP contribution in [0.4, 0.5) is 11.4 Å². The van der Waals surface area contributed by atoms with Crippen molar-refractivity contribution in [1.29, 1.82) is 0 Å². The van der Waals surface area contributed by atoms with E-state index in [1.54, 1.807) is 30.3 Å². The molecule has 152 valence electrons. The molecule has 0 aromatic heterocycles. The van der Waals surface area contributed by atoms with Gasteiger partial charge in [-0.1, -0.05) is 42.5 Å². The molecule has 0 fully saturated rings. The second-order valence-corrected chi connectivity index (χ2v) is 6.31. The lowest BCUT2D eigenvalue weighted by atomic mass is 10.1. The van der Waals surface area contributed by atoms with Crippen LogP contribution in [-0.4, -0.2) is 23.3 Å². The molecule has 3 aromatic rings. The van der Waals surface area contributed by atoms with E-state index in [9.17, 15) is 19.7 Å². The number of benzene rings is 3. The molecular weight excluding hydrogens is 386 g/mol. The van der Waals surface area contributed by atoms with Crippen LogP contribution in [0, 0.1) is 10.1 Å². The summed E-state index contributed by atoms with van der Waals surface area (Å²) in [5.74, 6) is -0.686. The van der Waals surface area contributed by atoms with Crippen molar-refractivity contribution < 1.29 is 19.2 Å². The third-order valence-corrected chi connectivity index (χ3v) is 4.15. The Hall–Kier alpha value is -4.20. The molecule has 0 aliphatic carbocycles. The topological polar surface area (TPSA) is 111 Å². The first-order chi connectivity index (χ1) is 14.5. The normalized spacial score (nSPS) is 10.1. The number of ether oxygens (including phenoxy) is 1. The Morgan fingerprint density at radius 1 is 0.900 bits per heavy atom. The fourth-order valence-corrected chi connectivity index (χ4v) is 2.66. The summed E-state index contributed by atoms with van der Waals surface area (Å²) in [5.41, 5.74) is 1.72. The lowest BCUT2D eigenvalue weighted by molar-refractivity contribution is -0.385. The van der Waals surface area contributed by atoms with E-state index in [0.717, 1.165) is 5.56 Å². The molecular formula is C22H19N3O5. The van der Waals surface area contributed by atoms with E-state index in [0.29, 0.717) is 17.8 Å². The standard InChI is InChI=1S/C22H19N3O5/c26-21(15-30-20-9-5-4-8-19(20)25(28)29)24-18-12-10-17(11-13-18)22(27)23-14-16-6-2-1-3-7-16/h1-13H,14-15H2,(H,23,27)(H,24,26). The third kappa shape index (κ3) is 5.65. The predicted octanol–water partition coefficient (Wildman–Crippen LogP) is 3.54. The molecule has 0 aliphatic heterocycles. The zero-order valence-corrected chi connectivity index (χ0v) is 15.9. The van der Waals surface area contributed by atoms with E-state index in [4.69, 9.17) is 4.74 Å². The number of nitro groups is 1. The quantitative estimate of drug-likeness (QED) is 0.440. The van der Waals surface area contributed by atoms with E-state index in [2.05, 4.69) is 10.6 Å². The van der Waals surface area contributed by atoms with Gasteiger partial charge in [-0.2, -0.15) is 0 Å². The van der Waals surface area contributed by atoms with Gasteiger partial charge in [-0.3, -0.25) is 19.7 Å². The van der Waals surface area contributed by atoms with Crippen LogP contribution in [0.25, 0.3) is 0 Å². The Bertz CT molecular complexity index is 1040. The van der Waals surface area contributed by atoms with Gasteiger partial charge in [-0.15, -0.1) is 0 Å². The molecule has 0 atom stereocenters. The minimum absolute atomic E-state index is 0.0167. The predicted molar refractivity (Wildman–Crippen MR) is 111 cm³/mol. The fourth-order valence-electron chi connectivity index (χ4n) is 2.66. The average molecular weight is 405 g/mol. The summed E-state index contributed by atoms with van der Waals surface area (Å²) < 4.78 is 5.25. The van der Waals surface area contributed by atoms with Crippen LogP contribution in [0.15, 0.2) is 78.9 Å². The van der Waals surface area contributed by atoms with Crippen molar-refractivity contribution >= 4 is 23.2 Å². The van der Waals surface area contributed by atoms with Gasteiger partial charge < -0.3 is 15.4 Å². The molecule has 0 radical (unpaired) electrons. The largest absolute Gasteiger partial charge is 0.477 e. The summed E-state index contributed by atoms with van der Waals surface area (Å²) >= 11 is 0. The average Bonchev–Trinajstić information content (AvgIpc) is 2.77. The smallest absolute Gasteiger partial charge is 0.310 e. The highest BCUT2D eigenvalue weighted by Gasteiger charge is 2.15. The molecule has 0 bridgehead atoms. The summed E-state index contributed by atoms with van der Waals surface area (Å²) in [6, 6.07) is 21.8. The Morgan fingerprint density at radius 2 is 1.57 bits per heavy atom. The molecule has 0 spiro atoms. The molecule has 0 unspecified atom stereocenters. The Labute approximate surface area is 172 Å². The molecule has 8 heteroatoms. The number of carbonyl (C=O) groups excluding carboxylic acids is 2. The van der Waals surface area contributed by atoms with Crippen LogP contribution < -0.4 is 15.4 Å². The van der Waals surface area contributed by atoms with Crippen LogP contribution in [0.3, 0.4) is 0 Å². The fraction of sp³-hybridized carbons (Fsp3) is 0.0909. The zero-order chi connectivity index (χ0) is 21.3. The van der Waals surface area contributed by atoms with Crippen molar-refractivity contribution in [3.8, 4) is 5.75 Å². The van der Waals surface area contributed by atoms with E-state index in [-0.39, 0.29) is 24.0 Å². The third-order valence-electron chi connectivity index (χ3n) is 4.15. The number of hydrogen-bond acceptors (Lipinski definition) is 5. The van der Waals surface area contributed by atoms with E-state index < -0.39 is 10.8 Å².